The Balaban J connectivity index is 1.46. The number of nitrogens with one attached hydrogen (secondary N) is 1. The van der Waals surface area contributed by atoms with Gasteiger partial charge in [0.15, 0.2) is 0 Å². The fraction of sp³-hybridized carbons (Fsp3) is 0.308. The van der Waals surface area contributed by atoms with Crippen molar-refractivity contribution in [2.75, 3.05) is 20.2 Å². The fourth-order valence-electron chi connectivity index (χ4n) is 4.13. The second kappa shape index (κ2) is 9.73. The van der Waals surface area contributed by atoms with Crippen molar-refractivity contribution in [1.29, 1.82) is 0 Å². The Morgan fingerprint density at radius 1 is 1.12 bits per heavy atom. The Hall–Kier alpha value is -3.54. The molecule has 0 bridgehead atoms. The van der Waals surface area contributed by atoms with E-state index in [4.69, 9.17) is 4.74 Å². The van der Waals surface area contributed by atoms with Crippen LogP contribution >= 0.6 is 0 Å². The zero-order chi connectivity index (χ0) is 22.5. The highest BCUT2D eigenvalue weighted by atomic mass is 16.5. The minimum Gasteiger partial charge on any atom is -0.493 e. The van der Waals surface area contributed by atoms with Crippen LogP contribution in [0.15, 0.2) is 66.9 Å². The molecule has 2 aromatic carbocycles. The maximum absolute atomic E-state index is 13.3. The number of fused-ring (bicyclic) bond motifs is 1. The summed E-state index contributed by atoms with van der Waals surface area (Å²) in [5.74, 6) is 0.650. The van der Waals surface area contributed by atoms with Crippen LogP contribution in [0.3, 0.4) is 0 Å². The summed E-state index contributed by atoms with van der Waals surface area (Å²) in [6, 6.07) is 19.4. The van der Waals surface area contributed by atoms with E-state index in [0.717, 1.165) is 23.3 Å². The zero-order valence-electron chi connectivity index (χ0n) is 18.6. The van der Waals surface area contributed by atoms with Crippen LogP contribution in [0.5, 0.6) is 5.75 Å². The summed E-state index contributed by atoms with van der Waals surface area (Å²) >= 11 is 0. The number of ether oxygens (including phenoxy) is 1. The molecule has 6 nitrogen and oxygen atoms in total. The standard InChI is InChI=1S/C26H29N3O3/c1-28-15-6-9-23(28)25(30)27-14-12-22(17-19-7-4-3-5-8-19)29(2)26(31)21-11-10-20-13-16-32-24(20)18-21/h3-11,15,18,22H,12-14,16-17H2,1-2H3,(H,27,30). The summed E-state index contributed by atoms with van der Waals surface area (Å²) < 4.78 is 7.44. The number of aryl methyl sites for hydroxylation is 1. The van der Waals surface area contributed by atoms with Crippen molar-refractivity contribution in [2.45, 2.75) is 25.3 Å². The average molecular weight is 432 g/mol. The Bertz CT molecular complexity index is 1090. The van der Waals surface area contributed by atoms with E-state index >= 15 is 0 Å². The molecule has 1 aliphatic heterocycles. The number of carbonyl (C=O) groups is 2. The van der Waals surface area contributed by atoms with Crippen molar-refractivity contribution < 1.29 is 14.3 Å². The molecule has 0 saturated carbocycles. The fourth-order valence-corrected chi connectivity index (χ4v) is 4.13. The molecule has 0 radical (unpaired) electrons. The van der Waals surface area contributed by atoms with Crippen molar-refractivity contribution in [2.24, 2.45) is 7.05 Å². The molecule has 1 atom stereocenters. The second-order valence-corrected chi connectivity index (χ2v) is 8.23. The van der Waals surface area contributed by atoms with E-state index in [2.05, 4.69) is 17.4 Å². The number of benzene rings is 2. The number of aromatic nitrogens is 1. The lowest BCUT2D eigenvalue weighted by Gasteiger charge is -2.29. The van der Waals surface area contributed by atoms with E-state index in [-0.39, 0.29) is 17.9 Å². The molecule has 4 rings (SSSR count). The third kappa shape index (κ3) is 4.85. The van der Waals surface area contributed by atoms with Gasteiger partial charge in [0.2, 0.25) is 0 Å². The van der Waals surface area contributed by atoms with Gasteiger partial charge < -0.3 is 19.5 Å². The summed E-state index contributed by atoms with van der Waals surface area (Å²) in [7, 11) is 3.68. The lowest BCUT2D eigenvalue weighted by atomic mass is 10.0. The Morgan fingerprint density at radius 3 is 2.69 bits per heavy atom. The predicted octanol–water partition coefficient (Wildman–Crippen LogP) is 3.46. The first-order chi connectivity index (χ1) is 15.5. The number of carbonyl (C=O) groups excluding carboxylic acids is 2. The molecule has 166 valence electrons. The topological polar surface area (TPSA) is 63.6 Å². The Labute approximate surface area is 188 Å². The van der Waals surface area contributed by atoms with Crippen LogP contribution in [0.2, 0.25) is 0 Å². The lowest BCUT2D eigenvalue weighted by molar-refractivity contribution is 0.0722. The summed E-state index contributed by atoms with van der Waals surface area (Å²) in [5, 5.41) is 2.99. The molecule has 1 aliphatic rings. The van der Waals surface area contributed by atoms with Gasteiger partial charge in [-0.25, -0.2) is 0 Å². The van der Waals surface area contributed by atoms with E-state index in [1.54, 1.807) is 15.5 Å². The Morgan fingerprint density at radius 2 is 1.94 bits per heavy atom. The van der Waals surface area contributed by atoms with Crippen molar-refractivity contribution in [3.05, 3.63) is 89.2 Å². The largest absolute Gasteiger partial charge is 0.493 e. The highest BCUT2D eigenvalue weighted by molar-refractivity contribution is 5.95. The number of hydrogen-bond donors (Lipinski definition) is 1. The normalized spacial score (nSPS) is 13.2. The van der Waals surface area contributed by atoms with E-state index in [9.17, 15) is 9.59 Å². The monoisotopic (exact) mass is 431 g/mol. The Kier molecular flexibility index (Phi) is 6.59. The first-order valence-corrected chi connectivity index (χ1v) is 11.0. The molecular weight excluding hydrogens is 402 g/mol. The molecule has 3 aromatic rings. The summed E-state index contributed by atoms with van der Waals surface area (Å²) in [5.41, 5.74) is 3.54. The maximum Gasteiger partial charge on any atom is 0.267 e. The van der Waals surface area contributed by atoms with Gasteiger partial charge in [0, 0.05) is 44.9 Å². The van der Waals surface area contributed by atoms with Gasteiger partial charge in [-0.1, -0.05) is 36.4 Å². The van der Waals surface area contributed by atoms with E-state index in [0.29, 0.717) is 37.3 Å². The summed E-state index contributed by atoms with van der Waals surface area (Å²) in [4.78, 5) is 27.5. The van der Waals surface area contributed by atoms with E-state index in [1.807, 2.05) is 62.8 Å². The van der Waals surface area contributed by atoms with Crippen molar-refractivity contribution >= 4 is 11.8 Å². The molecule has 2 heterocycles. The molecule has 0 fully saturated rings. The van der Waals surface area contributed by atoms with Gasteiger partial charge >= 0.3 is 0 Å². The van der Waals surface area contributed by atoms with Gasteiger partial charge in [-0.3, -0.25) is 9.59 Å². The molecule has 1 aromatic heterocycles. The molecule has 2 amide bonds. The number of likely N-dealkylation sites (N-methyl/N-ethyl adjacent to an activating group) is 1. The van der Waals surface area contributed by atoms with Crippen molar-refractivity contribution in [1.82, 2.24) is 14.8 Å². The first-order valence-electron chi connectivity index (χ1n) is 11.0. The molecule has 0 spiro atoms. The minimum absolute atomic E-state index is 0.0435. The van der Waals surface area contributed by atoms with Gasteiger partial charge in [0.1, 0.15) is 11.4 Å². The molecule has 0 aliphatic carbocycles. The minimum atomic E-state index is -0.110. The molecular formula is C26H29N3O3. The smallest absolute Gasteiger partial charge is 0.267 e. The number of hydrogen-bond acceptors (Lipinski definition) is 3. The SMILES string of the molecule is CN(C(=O)c1ccc2c(c1)OCC2)C(CCNC(=O)c1cccn1C)Cc1ccccc1. The quantitative estimate of drug-likeness (QED) is 0.594. The summed E-state index contributed by atoms with van der Waals surface area (Å²) in [6.07, 6.45) is 4.09. The first kappa shape index (κ1) is 21.7. The van der Waals surface area contributed by atoms with Gasteiger partial charge in [0.25, 0.3) is 11.8 Å². The maximum atomic E-state index is 13.3. The lowest BCUT2D eigenvalue weighted by Crippen LogP contribution is -2.41. The highest BCUT2D eigenvalue weighted by Crippen LogP contribution is 2.27. The molecule has 1 unspecified atom stereocenters. The van der Waals surface area contributed by atoms with E-state index < -0.39 is 0 Å². The summed E-state index contributed by atoms with van der Waals surface area (Å²) in [6.45, 7) is 1.15. The van der Waals surface area contributed by atoms with Crippen LogP contribution < -0.4 is 10.1 Å². The number of amides is 2. The van der Waals surface area contributed by atoms with Crippen molar-refractivity contribution in [3.8, 4) is 5.75 Å². The van der Waals surface area contributed by atoms with Crippen LogP contribution in [0.4, 0.5) is 0 Å². The van der Waals surface area contributed by atoms with Crippen LogP contribution in [0, 0.1) is 0 Å². The average Bonchev–Trinajstić information content (AvgIpc) is 3.46. The number of nitrogens with zero attached hydrogens (tertiary/aromatic N) is 2. The van der Waals surface area contributed by atoms with Crippen LogP contribution in [-0.4, -0.2) is 47.5 Å². The highest BCUT2D eigenvalue weighted by Gasteiger charge is 2.24. The van der Waals surface area contributed by atoms with Crippen LogP contribution in [0.25, 0.3) is 0 Å². The number of rotatable bonds is 8. The van der Waals surface area contributed by atoms with Gasteiger partial charge in [-0.15, -0.1) is 0 Å². The second-order valence-electron chi connectivity index (χ2n) is 8.23. The third-order valence-corrected chi connectivity index (χ3v) is 6.06. The molecule has 6 heteroatoms. The van der Waals surface area contributed by atoms with Crippen molar-refractivity contribution in [3.63, 3.8) is 0 Å². The van der Waals surface area contributed by atoms with Gasteiger partial charge in [-0.2, -0.15) is 0 Å². The molecule has 32 heavy (non-hydrogen) atoms. The van der Waals surface area contributed by atoms with Gasteiger partial charge in [0.05, 0.1) is 6.61 Å². The van der Waals surface area contributed by atoms with Gasteiger partial charge in [-0.05, 0) is 48.2 Å². The zero-order valence-corrected chi connectivity index (χ0v) is 18.6. The molecule has 1 N–H and O–H groups in total. The van der Waals surface area contributed by atoms with Crippen LogP contribution in [0.1, 0.15) is 38.4 Å². The van der Waals surface area contributed by atoms with Crippen LogP contribution in [-0.2, 0) is 19.9 Å². The predicted molar refractivity (Wildman–Crippen MR) is 124 cm³/mol. The van der Waals surface area contributed by atoms with E-state index in [1.165, 1.54) is 0 Å². The third-order valence-electron chi connectivity index (χ3n) is 6.06. The molecule has 0 saturated heterocycles.